The quantitative estimate of drug-likeness (QED) is 0.471. The lowest BCUT2D eigenvalue weighted by molar-refractivity contribution is -0.385. The van der Waals surface area contributed by atoms with Crippen LogP contribution in [0.4, 0.5) is 5.69 Å². The third kappa shape index (κ3) is 2.61. The number of nitriles is 1. The normalized spacial score (nSPS) is 22.0. The Morgan fingerprint density at radius 2 is 2.20 bits per heavy atom. The molecule has 0 amide bonds. The summed E-state index contributed by atoms with van der Waals surface area (Å²) < 4.78 is 6.19. The highest BCUT2D eigenvalue weighted by Crippen LogP contribution is 2.33. The monoisotopic (exact) mass is 278 g/mol. The molecule has 8 nitrogen and oxygen atoms in total. The molecule has 0 aliphatic heterocycles. The number of hydrogen-bond acceptors (Lipinski definition) is 6. The van der Waals surface area contributed by atoms with Crippen molar-refractivity contribution in [2.24, 2.45) is 5.92 Å². The summed E-state index contributed by atoms with van der Waals surface area (Å²) in [5, 5.41) is 23.6. The maximum absolute atomic E-state index is 11.4. The van der Waals surface area contributed by atoms with E-state index in [0.29, 0.717) is 25.7 Å². The van der Waals surface area contributed by atoms with Crippen LogP contribution in [0.3, 0.4) is 0 Å². The third-order valence-electron chi connectivity index (χ3n) is 3.62. The molecular weight excluding hydrogens is 264 g/mol. The summed E-state index contributed by atoms with van der Waals surface area (Å²) in [5.74, 6) is -0.329. The molecule has 8 heteroatoms. The Bertz CT molecular complexity index is 567. The van der Waals surface area contributed by atoms with E-state index in [1.165, 1.54) is 18.0 Å². The number of nitrogens with zero attached hydrogens (tertiary/aromatic N) is 4. The first-order chi connectivity index (χ1) is 9.56. The summed E-state index contributed by atoms with van der Waals surface area (Å²) in [6, 6.07) is 1.71. The highest BCUT2D eigenvalue weighted by atomic mass is 16.6. The molecule has 0 radical (unpaired) electrons. The molecule has 1 aliphatic rings. The fourth-order valence-corrected chi connectivity index (χ4v) is 2.53. The fraction of sp³-hybridized carbons (Fsp3) is 0.583. The van der Waals surface area contributed by atoms with Crippen molar-refractivity contribution >= 4 is 11.7 Å². The molecule has 2 rings (SSSR count). The molecule has 1 heterocycles. The van der Waals surface area contributed by atoms with Crippen LogP contribution < -0.4 is 0 Å². The number of rotatable bonds is 3. The predicted octanol–water partition coefficient (Wildman–Crippen LogP) is 1.57. The summed E-state index contributed by atoms with van der Waals surface area (Å²) in [5.41, 5.74) is -0.451. The second-order valence-electron chi connectivity index (χ2n) is 4.74. The summed E-state index contributed by atoms with van der Waals surface area (Å²) in [6.07, 6.45) is 3.98. The number of nitro groups is 1. The van der Waals surface area contributed by atoms with Gasteiger partial charge in [0.15, 0.2) is 0 Å². The lowest BCUT2D eigenvalue weighted by Gasteiger charge is -2.26. The van der Waals surface area contributed by atoms with Crippen LogP contribution in [-0.4, -0.2) is 27.8 Å². The maximum Gasteiger partial charge on any atom is 0.325 e. The van der Waals surface area contributed by atoms with Gasteiger partial charge in [-0.2, -0.15) is 10.4 Å². The van der Waals surface area contributed by atoms with E-state index in [2.05, 4.69) is 5.10 Å². The summed E-state index contributed by atoms with van der Waals surface area (Å²) in [7, 11) is 1.37. The lowest BCUT2D eigenvalue weighted by Crippen LogP contribution is -2.24. The molecule has 1 aromatic heterocycles. The molecule has 0 atom stereocenters. The molecule has 1 aromatic rings. The second-order valence-corrected chi connectivity index (χ2v) is 4.74. The second kappa shape index (κ2) is 5.69. The molecule has 0 aromatic carbocycles. The van der Waals surface area contributed by atoms with Crippen LogP contribution in [0, 0.1) is 27.4 Å². The average molecular weight is 278 g/mol. The van der Waals surface area contributed by atoms with E-state index in [9.17, 15) is 14.9 Å². The fourth-order valence-electron chi connectivity index (χ4n) is 2.53. The first-order valence-corrected chi connectivity index (χ1v) is 6.28. The zero-order valence-corrected chi connectivity index (χ0v) is 11.0. The van der Waals surface area contributed by atoms with Gasteiger partial charge in [-0.1, -0.05) is 0 Å². The number of methoxy groups -OCH3 is 1. The zero-order valence-electron chi connectivity index (χ0n) is 11.0. The van der Waals surface area contributed by atoms with Gasteiger partial charge in [-0.05, 0) is 25.7 Å². The number of carbonyl (C=O) groups excluding carboxylic acids is 1. The molecule has 106 valence electrons. The van der Waals surface area contributed by atoms with Gasteiger partial charge >= 0.3 is 11.7 Å². The molecule has 0 bridgehead atoms. The Labute approximate surface area is 115 Å². The van der Waals surface area contributed by atoms with Crippen molar-refractivity contribution in [3.05, 3.63) is 22.0 Å². The molecule has 0 spiro atoms. The standard InChI is InChI=1S/C12H14N4O4/c1-20-12(17)8-2-4-9(5-3-8)15-7-11(16(18)19)10(6-13)14-15/h7-9H,2-5H2,1H3. The van der Waals surface area contributed by atoms with Crippen molar-refractivity contribution < 1.29 is 14.5 Å². The number of ether oxygens (including phenoxy) is 1. The van der Waals surface area contributed by atoms with E-state index in [4.69, 9.17) is 10.00 Å². The van der Waals surface area contributed by atoms with Crippen LogP contribution in [0.15, 0.2) is 6.20 Å². The maximum atomic E-state index is 11.4. The van der Waals surface area contributed by atoms with Crippen LogP contribution in [0.5, 0.6) is 0 Å². The van der Waals surface area contributed by atoms with Gasteiger partial charge in [0.05, 0.1) is 24.0 Å². The minimum Gasteiger partial charge on any atom is -0.469 e. The van der Waals surface area contributed by atoms with Crippen molar-refractivity contribution in [3.63, 3.8) is 0 Å². The largest absolute Gasteiger partial charge is 0.469 e. The Balaban J connectivity index is 2.10. The van der Waals surface area contributed by atoms with Crippen molar-refractivity contribution in [2.45, 2.75) is 31.7 Å². The van der Waals surface area contributed by atoms with Gasteiger partial charge in [0.1, 0.15) is 12.3 Å². The van der Waals surface area contributed by atoms with E-state index >= 15 is 0 Å². The number of aromatic nitrogens is 2. The van der Waals surface area contributed by atoms with Gasteiger partial charge < -0.3 is 4.74 Å². The van der Waals surface area contributed by atoms with Gasteiger partial charge in [0.25, 0.3) is 0 Å². The van der Waals surface area contributed by atoms with Gasteiger partial charge in [-0.15, -0.1) is 0 Å². The third-order valence-corrected chi connectivity index (χ3v) is 3.62. The van der Waals surface area contributed by atoms with E-state index in [-0.39, 0.29) is 29.3 Å². The van der Waals surface area contributed by atoms with E-state index in [0.717, 1.165) is 0 Å². The van der Waals surface area contributed by atoms with Crippen LogP contribution in [0.25, 0.3) is 0 Å². The molecule has 20 heavy (non-hydrogen) atoms. The zero-order chi connectivity index (χ0) is 14.7. The Morgan fingerprint density at radius 3 is 2.65 bits per heavy atom. The van der Waals surface area contributed by atoms with Gasteiger partial charge in [0, 0.05) is 0 Å². The van der Waals surface area contributed by atoms with Crippen molar-refractivity contribution in [2.75, 3.05) is 7.11 Å². The number of carbonyl (C=O) groups is 1. The van der Waals surface area contributed by atoms with Crippen LogP contribution in [-0.2, 0) is 9.53 Å². The molecule has 0 N–H and O–H groups in total. The first kappa shape index (κ1) is 14.0. The molecular formula is C12H14N4O4. The molecule has 0 unspecified atom stereocenters. The topological polar surface area (TPSA) is 111 Å². The molecule has 1 fully saturated rings. The molecule has 1 aliphatic carbocycles. The lowest BCUT2D eigenvalue weighted by atomic mass is 9.86. The van der Waals surface area contributed by atoms with Crippen LogP contribution in [0.2, 0.25) is 0 Å². The summed E-state index contributed by atoms with van der Waals surface area (Å²) >= 11 is 0. The van der Waals surface area contributed by atoms with E-state index < -0.39 is 4.92 Å². The van der Waals surface area contributed by atoms with Gasteiger partial charge in [0.2, 0.25) is 5.69 Å². The predicted molar refractivity (Wildman–Crippen MR) is 66.6 cm³/mol. The van der Waals surface area contributed by atoms with Crippen LogP contribution in [0.1, 0.15) is 37.4 Å². The molecule has 0 saturated heterocycles. The number of esters is 1. The Morgan fingerprint density at radius 1 is 1.55 bits per heavy atom. The summed E-state index contributed by atoms with van der Waals surface area (Å²) in [4.78, 5) is 21.6. The minimum absolute atomic E-state index is 0.0169. The van der Waals surface area contributed by atoms with Crippen molar-refractivity contribution in [1.82, 2.24) is 9.78 Å². The van der Waals surface area contributed by atoms with E-state index in [1.807, 2.05) is 0 Å². The Hall–Kier alpha value is -2.43. The highest BCUT2D eigenvalue weighted by Gasteiger charge is 2.30. The van der Waals surface area contributed by atoms with Crippen molar-refractivity contribution in [3.8, 4) is 6.07 Å². The minimum atomic E-state index is -0.609. The number of hydrogen-bond donors (Lipinski definition) is 0. The highest BCUT2D eigenvalue weighted by molar-refractivity contribution is 5.72. The van der Waals surface area contributed by atoms with Gasteiger partial charge in [-0.25, -0.2) is 0 Å². The van der Waals surface area contributed by atoms with Crippen LogP contribution >= 0.6 is 0 Å². The van der Waals surface area contributed by atoms with Gasteiger partial charge in [-0.3, -0.25) is 19.6 Å². The SMILES string of the molecule is COC(=O)C1CCC(n2cc([N+](=O)[O-])c(C#N)n2)CC1. The average Bonchev–Trinajstić information content (AvgIpc) is 2.91. The smallest absolute Gasteiger partial charge is 0.325 e. The van der Waals surface area contributed by atoms with Crippen molar-refractivity contribution in [1.29, 1.82) is 5.26 Å². The first-order valence-electron chi connectivity index (χ1n) is 6.28. The Kier molecular flexibility index (Phi) is 3.98. The molecule has 1 saturated carbocycles. The van der Waals surface area contributed by atoms with E-state index in [1.54, 1.807) is 6.07 Å². The summed E-state index contributed by atoms with van der Waals surface area (Å²) in [6.45, 7) is 0.